The van der Waals surface area contributed by atoms with E-state index < -0.39 is 19.7 Å². The second kappa shape index (κ2) is 4.39. The third-order valence-corrected chi connectivity index (χ3v) is 6.39. The molecule has 0 radical (unpaired) electrons. The number of halogens is 2. The van der Waals surface area contributed by atoms with Gasteiger partial charge >= 0.3 is 0 Å². The molecule has 1 atom stereocenters. The Morgan fingerprint density at radius 2 is 1.83 bits per heavy atom. The molecule has 6 heteroatoms. The Labute approximate surface area is 90.6 Å². The minimum Gasteiger partial charge on any atom is -0.211 e. The average Bonchev–Trinajstić information content (AvgIpc) is 1.80. The first kappa shape index (κ1) is 12.9. The molecule has 0 saturated carbocycles. The maximum Gasteiger partial charge on any atom is 0.225 e. The highest BCUT2D eigenvalue weighted by Gasteiger charge is 2.26. The molecule has 0 spiro atoms. The van der Waals surface area contributed by atoms with Gasteiger partial charge < -0.3 is 0 Å². The maximum absolute atomic E-state index is 11.4. The van der Waals surface area contributed by atoms with Crippen LogP contribution in [0, 0.1) is 0 Å². The second-order valence-corrected chi connectivity index (χ2v) is 7.68. The summed E-state index contributed by atoms with van der Waals surface area (Å²) in [5, 5.41) is 0.373. The molecule has 0 bridgehead atoms. The Kier molecular flexibility index (Phi) is 4.71. The Morgan fingerprint density at radius 3 is 2.08 bits per heavy atom. The number of sulfonamides is 1. The molecule has 0 aliphatic carbocycles. The maximum atomic E-state index is 11.4. The molecule has 0 aromatic rings. The van der Waals surface area contributed by atoms with E-state index in [0.29, 0.717) is 5.33 Å². The van der Waals surface area contributed by atoms with Crippen LogP contribution < -0.4 is 4.72 Å². The fourth-order valence-corrected chi connectivity index (χ4v) is 3.05. The number of hydrogen-bond acceptors (Lipinski definition) is 2. The van der Waals surface area contributed by atoms with Crippen LogP contribution in [-0.2, 0) is 10.0 Å². The first-order valence-corrected chi connectivity index (χ1v) is 7.00. The lowest BCUT2D eigenvalue weighted by atomic mass is 10.1. The summed E-state index contributed by atoms with van der Waals surface area (Å²) in [5.41, 5.74) is -0.424. The van der Waals surface area contributed by atoms with E-state index in [1.165, 1.54) is 0 Å². The van der Waals surface area contributed by atoms with E-state index in [4.69, 9.17) is 0 Å². The summed E-state index contributed by atoms with van der Waals surface area (Å²) in [5.74, 6) is 0. The van der Waals surface area contributed by atoms with Crippen LogP contribution in [-0.4, -0.2) is 23.4 Å². The van der Waals surface area contributed by atoms with Gasteiger partial charge in [0.1, 0.15) is 4.16 Å². The van der Waals surface area contributed by atoms with Gasteiger partial charge in [-0.3, -0.25) is 0 Å². The predicted octanol–water partition coefficient (Wildman–Crippen LogP) is 1.82. The number of rotatable bonds is 3. The largest absolute Gasteiger partial charge is 0.225 e. The van der Waals surface area contributed by atoms with Crippen LogP contribution in [0.2, 0.25) is 0 Å². The van der Waals surface area contributed by atoms with Gasteiger partial charge in [-0.15, -0.1) is 0 Å². The van der Waals surface area contributed by atoms with Crippen molar-refractivity contribution in [1.29, 1.82) is 0 Å². The monoisotopic (exact) mass is 321 g/mol. The molecule has 0 fully saturated rings. The van der Waals surface area contributed by atoms with Crippen molar-refractivity contribution in [3.63, 3.8) is 0 Å². The Bertz CT molecular complexity index is 232. The van der Waals surface area contributed by atoms with Crippen molar-refractivity contribution in [2.45, 2.75) is 30.5 Å². The molecule has 0 aromatic carbocycles. The van der Waals surface area contributed by atoms with E-state index >= 15 is 0 Å². The smallest absolute Gasteiger partial charge is 0.211 e. The summed E-state index contributed by atoms with van der Waals surface area (Å²) < 4.78 is 24.7. The summed E-state index contributed by atoms with van der Waals surface area (Å²) in [6.45, 7) is 5.41. The standard InChI is InChI=1S/C6H13Br2NO2S/c1-6(2,3)9-12(10,11)5(8)4-7/h5,9H,4H2,1-3H3. The second-order valence-electron chi connectivity index (χ2n) is 3.46. The predicted molar refractivity (Wildman–Crippen MR) is 58.3 cm³/mol. The fourth-order valence-electron chi connectivity index (χ4n) is 0.574. The van der Waals surface area contributed by atoms with Crippen LogP contribution in [0.3, 0.4) is 0 Å². The number of alkyl halides is 2. The SMILES string of the molecule is CC(C)(C)NS(=O)(=O)C(Br)CBr. The first-order valence-electron chi connectivity index (χ1n) is 3.42. The molecular weight excluding hydrogens is 310 g/mol. The molecule has 1 unspecified atom stereocenters. The van der Waals surface area contributed by atoms with Gasteiger partial charge in [-0.05, 0) is 20.8 Å². The molecule has 0 amide bonds. The molecule has 0 heterocycles. The zero-order valence-electron chi connectivity index (χ0n) is 7.27. The zero-order chi connectivity index (χ0) is 9.99. The molecular formula is C6H13Br2NO2S. The summed E-state index contributed by atoms with van der Waals surface area (Å²) >= 11 is 6.15. The molecule has 1 N–H and O–H groups in total. The van der Waals surface area contributed by atoms with Crippen LogP contribution in [0.5, 0.6) is 0 Å². The lowest BCUT2D eigenvalue weighted by Crippen LogP contribution is -2.44. The van der Waals surface area contributed by atoms with Gasteiger partial charge in [-0.1, -0.05) is 31.9 Å². The molecule has 0 saturated heterocycles. The quantitative estimate of drug-likeness (QED) is 0.806. The van der Waals surface area contributed by atoms with Crippen molar-refractivity contribution in [3.8, 4) is 0 Å². The van der Waals surface area contributed by atoms with Crippen LogP contribution in [0.25, 0.3) is 0 Å². The number of hydrogen-bond donors (Lipinski definition) is 1. The third kappa shape index (κ3) is 4.79. The highest BCUT2D eigenvalue weighted by atomic mass is 79.9. The van der Waals surface area contributed by atoms with Gasteiger partial charge in [0.25, 0.3) is 0 Å². The van der Waals surface area contributed by atoms with Crippen molar-refractivity contribution in [1.82, 2.24) is 4.72 Å². The summed E-state index contributed by atoms with van der Waals surface area (Å²) in [7, 11) is -3.25. The molecule has 3 nitrogen and oxygen atoms in total. The fraction of sp³-hybridized carbons (Fsp3) is 1.00. The van der Waals surface area contributed by atoms with E-state index in [0.717, 1.165) is 0 Å². The lowest BCUT2D eigenvalue weighted by Gasteiger charge is -2.21. The van der Waals surface area contributed by atoms with Crippen molar-refractivity contribution in [3.05, 3.63) is 0 Å². The minimum absolute atomic E-state index is 0.373. The van der Waals surface area contributed by atoms with E-state index in [1.807, 2.05) is 0 Å². The Hall–Kier alpha value is 0.870. The topological polar surface area (TPSA) is 46.2 Å². The van der Waals surface area contributed by atoms with E-state index in [-0.39, 0.29) is 0 Å². The van der Waals surface area contributed by atoms with Crippen LogP contribution in [0.15, 0.2) is 0 Å². The summed E-state index contributed by atoms with van der Waals surface area (Å²) in [6.07, 6.45) is 0. The third-order valence-electron chi connectivity index (χ3n) is 0.906. The average molecular weight is 323 g/mol. The molecule has 0 aromatic heterocycles. The molecule has 0 aliphatic heterocycles. The van der Waals surface area contributed by atoms with Crippen molar-refractivity contribution in [2.75, 3.05) is 5.33 Å². The van der Waals surface area contributed by atoms with Crippen molar-refractivity contribution >= 4 is 41.9 Å². The summed E-state index contributed by atoms with van der Waals surface area (Å²) in [4.78, 5) is 0. The Morgan fingerprint density at radius 1 is 1.42 bits per heavy atom. The Balaban J connectivity index is 4.45. The van der Waals surface area contributed by atoms with Gasteiger partial charge in [-0.2, -0.15) is 0 Å². The van der Waals surface area contributed by atoms with Gasteiger partial charge in [0.05, 0.1) is 0 Å². The first-order chi connectivity index (χ1) is 5.19. The minimum atomic E-state index is -3.25. The lowest BCUT2D eigenvalue weighted by molar-refractivity contribution is 0.491. The van der Waals surface area contributed by atoms with E-state index in [9.17, 15) is 8.42 Å². The molecule has 12 heavy (non-hydrogen) atoms. The van der Waals surface area contributed by atoms with Gasteiger partial charge in [0.2, 0.25) is 10.0 Å². The number of nitrogens with one attached hydrogen (secondary N) is 1. The highest BCUT2D eigenvalue weighted by molar-refractivity contribution is 9.13. The van der Waals surface area contributed by atoms with Crippen molar-refractivity contribution in [2.24, 2.45) is 0 Å². The normalized spacial score (nSPS) is 16.1. The van der Waals surface area contributed by atoms with Crippen molar-refractivity contribution < 1.29 is 8.42 Å². The van der Waals surface area contributed by atoms with Crippen LogP contribution >= 0.6 is 31.9 Å². The summed E-state index contributed by atoms with van der Waals surface area (Å²) in [6, 6.07) is 0. The van der Waals surface area contributed by atoms with Gasteiger partial charge in [0.15, 0.2) is 0 Å². The molecule has 74 valence electrons. The van der Waals surface area contributed by atoms with E-state index in [2.05, 4.69) is 36.6 Å². The molecule has 0 aliphatic rings. The van der Waals surface area contributed by atoms with Crippen LogP contribution in [0.4, 0.5) is 0 Å². The van der Waals surface area contributed by atoms with E-state index in [1.54, 1.807) is 20.8 Å². The molecule has 0 rings (SSSR count). The van der Waals surface area contributed by atoms with Crippen LogP contribution in [0.1, 0.15) is 20.8 Å². The highest BCUT2D eigenvalue weighted by Crippen LogP contribution is 2.13. The zero-order valence-corrected chi connectivity index (χ0v) is 11.3. The van der Waals surface area contributed by atoms with Gasteiger partial charge in [-0.25, -0.2) is 13.1 Å². The van der Waals surface area contributed by atoms with Gasteiger partial charge in [0, 0.05) is 10.9 Å².